The van der Waals surface area contributed by atoms with Crippen LogP contribution in [0.3, 0.4) is 0 Å². The van der Waals surface area contributed by atoms with Crippen LogP contribution in [-0.2, 0) is 16.0 Å². The highest BCUT2D eigenvalue weighted by Crippen LogP contribution is 2.33. The number of benzene rings is 2. The number of nitrogens with zero attached hydrogens (tertiary/aromatic N) is 2. The molecule has 0 fully saturated rings. The van der Waals surface area contributed by atoms with Gasteiger partial charge in [-0.25, -0.2) is 4.79 Å². The zero-order chi connectivity index (χ0) is 18.2. The van der Waals surface area contributed by atoms with Crippen molar-refractivity contribution >= 4 is 11.7 Å². The number of hydrogen-bond donors (Lipinski definition) is 0. The minimum atomic E-state index is -0.687. The van der Waals surface area contributed by atoms with Gasteiger partial charge in [0.15, 0.2) is 6.04 Å². The SMILES string of the molecule is CCOC(=O)C(Cc1ccccc1)N=Nc1cc(C)cc(C)c1OC. The van der Waals surface area contributed by atoms with E-state index in [9.17, 15) is 4.79 Å². The minimum Gasteiger partial charge on any atom is -0.494 e. The van der Waals surface area contributed by atoms with E-state index in [-0.39, 0.29) is 5.97 Å². The van der Waals surface area contributed by atoms with Crippen molar-refractivity contribution in [2.45, 2.75) is 33.2 Å². The Morgan fingerprint density at radius 2 is 1.88 bits per heavy atom. The maximum atomic E-state index is 12.2. The summed E-state index contributed by atoms with van der Waals surface area (Å²) in [6.45, 7) is 6.03. The molecule has 5 heteroatoms. The van der Waals surface area contributed by atoms with E-state index < -0.39 is 6.04 Å². The van der Waals surface area contributed by atoms with Crippen molar-refractivity contribution in [1.29, 1.82) is 0 Å². The van der Waals surface area contributed by atoms with Gasteiger partial charge in [-0.2, -0.15) is 10.2 Å². The highest BCUT2D eigenvalue weighted by atomic mass is 16.5. The summed E-state index contributed by atoms with van der Waals surface area (Å²) in [6.07, 6.45) is 0.441. The van der Waals surface area contributed by atoms with Crippen molar-refractivity contribution in [2.75, 3.05) is 13.7 Å². The molecule has 2 aromatic carbocycles. The van der Waals surface area contributed by atoms with Crippen LogP contribution in [0.5, 0.6) is 5.75 Å². The Kier molecular flexibility index (Phi) is 6.69. The third-order valence-corrected chi connectivity index (χ3v) is 3.74. The lowest BCUT2D eigenvalue weighted by Crippen LogP contribution is -2.23. The van der Waals surface area contributed by atoms with Crippen LogP contribution >= 0.6 is 0 Å². The number of carbonyl (C=O) groups excluding carboxylic acids is 1. The van der Waals surface area contributed by atoms with E-state index in [0.29, 0.717) is 24.5 Å². The number of azo groups is 1. The fraction of sp³-hybridized carbons (Fsp3) is 0.350. The molecule has 0 N–H and O–H groups in total. The zero-order valence-electron chi connectivity index (χ0n) is 15.2. The molecule has 0 aliphatic heterocycles. The van der Waals surface area contributed by atoms with Crippen LogP contribution < -0.4 is 4.74 Å². The summed E-state index contributed by atoms with van der Waals surface area (Å²) in [5.41, 5.74) is 3.66. The third-order valence-electron chi connectivity index (χ3n) is 3.74. The van der Waals surface area contributed by atoms with E-state index in [0.717, 1.165) is 16.7 Å². The standard InChI is InChI=1S/C20H24N2O3/c1-5-25-20(23)18(13-16-9-7-6-8-10-16)22-21-17-12-14(2)11-15(3)19(17)24-4/h6-12,18H,5,13H2,1-4H3. The molecule has 5 nitrogen and oxygen atoms in total. The molecule has 0 heterocycles. The fourth-order valence-electron chi connectivity index (χ4n) is 2.65. The molecule has 2 aromatic rings. The van der Waals surface area contributed by atoms with Gasteiger partial charge in [-0.3, -0.25) is 0 Å². The lowest BCUT2D eigenvalue weighted by atomic mass is 10.1. The van der Waals surface area contributed by atoms with Crippen LogP contribution in [0.15, 0.2) is 52.7 Å². The molecular formula is C20H24N2O3. The number of aryl methyl sites for hydroxylation is 2. The number of methoxy groups -OCH3 is 1. The molecule has 0 saturated heterocycles. The van der Waals surface area contributed by atoms with Crippen molar-refractivity contribution in [3.63, 3.8) is 0 Å². The first-order valence-electron chi connectivity index (χ1n) is 8.31. The number of carbonyl (C=O) groups is 1. The molecule has 0 aliphatic carbocycles. The Hall–Kier alpha value is -2.69. The molecule has 0 bridgehead atoms. The van der Waals surface area contributed by atoms with Crippen molar-refractivity contribution in [1.82, 2.24) is 0 Å². The third kappa shape index (κ3) is 5.14. The maximum absolute atomic E-state index is 12.2. The van der Waals surface area contributed by atoms with E-state index in [1.807, 2.05) is 56.3 Å². The Morgan fingerprint density at radius 1 is 1.16 bits per heavy atom. The number of hydrogen-bond acceptors (Lipinski definition) is 5. The molecule has 1 atom stereocenters. The van der Waals surface area contributed by atoms with E-state index in [1.165, 1.54) is 0 Å². The van der Waals surface area contributed by atoms with Gasteiger partial charge in [-0.15, -0.1) is 0 Å². The van der Waals surface area contributed by atoms with Crippen molar-refractivity contribution < 1.29 is 14.3 Å². The van der Waals surface area contributed by atoms with Crippen LogP contribution in [0.4, 0.5) is 5.69 Å². The summed E-state index contributed by atoms with van der Waals surface area (Å²) in [4.78, 5) is 12.2. The largest absolute Gasteiger partial charge is 0.494 e. The normalized spacial score (nSPS) is 12.2. The van der Waals surface area contributed by atoms with Crippen LogP contribution in [0.1, 0.15) is 23.6 Å². The van der Waals surface area contributed by atoms with Gasteiger partial charge in [0.2, 0.25) is 0 Å². The summed E-state index contributed by atoms with van der Waals surface area (Å²) in [5, 5.41) is 8.57. The van der Waals surface area contributed by atoms with E-state index >= 15 is 0 Å². The van der Waals surface area contributed by atoms with Gasteiger partial charge in [-0.05, 0) is 43.5 Å². The maximum Gasteiger partial charge on any atom is 0.333 e. The molecule has 25 heavy (non-hydrogen) atoms. The lowest BCUT2D eigenvalue weighted by molar-refractivity contribution is -0.144. The predicted octanol–water partition coefficient (Wildman–Crippen LogP) is 4.57. The molecule has 1 unspecified atom stereocenters. The van der Waals surface area contributed by atoms with E-state index in [1.54, 1.807) is 14.0 Å². The first-order valence-corrected chi connectivity index (χ1v) is 8.31. The second-order valence-electron chi connectivity index (χ2n) is 5.81. The van der Waals surface area contributed by atoms with Crippen LogP contribution in [0.25, 0.3) is 0 Å². The predicted molar refractivity (Wildman–Crippen MR) is 97.6 cm³/mol. The number of ether oxygens (including phenoxy) is 2. The first kappa shape index (κ1) is 18.6. The second-order valence-corrected chi connectivity index (χ2v) is 5.81. The Balaban J connectivity index is 2.29. The summed E-state index contributed by atoms with van der Waals surface area (Å²) in [6, 6.07) is 12.9. The van der Waals surface area contributed by atoms with Gasteiger partial charge in [0, 0.05) is 6.42 Å². The smallest absolute Gasteiger partial charge is 0.333 e. The molecule has 0 aliphatic rings. The Bertz CT molecular complexity index is 742. The molecule has 0 aromatic heterocycles. The summed E-state index contributed by atoms with van der Waals surface area (Å²) in [7, 11) is 1.60. The average Bonchev–Trinajstić information content (AvgIpc) is 2.59. The topological polar surface area (TPSA) is 60.2 Å². The second kappa shape index (κ2) is 8.97. The molecule has 132 valence electrons. The zero-order valence-corrected chi connectivity index (χ0v) is 15.2. The van der Waals surface area contributed by atoms with Gasteiger partial charge in [0.05, 0.1) is 13.7 Å². The molecule has 2 rings (SSSR count). The van der Waals surface area contributed by atoms with E-state index in [2.05, 4.69) is 10.2 Å². The molecule has 0 spiro atoms. The number of rotatable bonds is 7. The van der Waals surface area contributed by atoms with Crippen molar-refractivity contribution in [3.05, 3.63) is 59.2 Å². The van der Waals surface area contributed by atoms with Crippen molar-refractivity contribution in [2.24, 2.45) is 10.2 Å². The van der Waals surface area contributed by atoms with Gasteiger partial charge < -0.3 is 9.47 Å². The lowest BCUT2D eigenvalue weighted by Gasteiger charge is -2.12. The monoisotopic (exact) mass is 340 g/mol. The Morgan fingerprint density at radius 3 is 2.52 bits per heavy atom. The molecule has 0 amide bonds. The first-order chi connectivity index (χ1) is 12.0. The van der Waals surface area contributed by atoms with Crippen LogP contribution in [-0.4, -0.2) is 25.7 Å². The fourth-order valence-corrected chi connectivity index (χ4v) is 2.65. The number of esters is 1. The minimum absolute atomic E-state index is 0.312. The Labute approximate surface area is 148 Å². The highest BCUT2D eigenvalue weighted by Gasteiger charge is 2.20. The van der Waals surface area contributed by atoms with Crippen LogP contribution in [0, 0.1) is 13.8 Å². The molecule has 0 saturated carbocycles. The molecular weight excluding hydrogens is 316 g/mol. The van der Waals surface area contributed by atoms with Gasteiger partial charge >= 0.3 is 5.97 Å². The average molecular weight is 340 g/mol. The summed E-state index contributed by atoms with van der Waals surface area (Å²) >= 11 is 0. The van der Waals surface area contributed by atoms with Gasteiger partial charge in [-0.1, -0.05) is 36.4 Å². The summed E-state index contributed by atoms with van der Waals surface area (Å²) < 4.78 is 10.6. The van der Waals surface area contributed by atoms with Gasteiger partial charge in [0.1, 0.15) is 11.4 Å². The van der Waals surface area contributed by atoms with Crippen LogP contribution in [0.2, 0.25) is 0 Å². The summed E-state index contributed by atoms with van der Waals surface area (Å²) in [5.74, 6) is 0.287. The highest BCUT2D eigenvalue weighted by molar-refractivity contribution is 5.76. The van der Waals surface area contributed by atoms with E-state index in [4.69, 9.17) is 9.47 Å². The molecule has 0 radical (unpaired) electrons. The van der Waals surface area contributed by atoms with Crippen molar-refractivity contribution in [3.8, 4) is 5.75 Å². The van der Waals surface area contributed by atoms with Gasteiger partial charge in [0.25, 0.3) is 0 Å². The quantitative estimate of drug-likeness (QED) is 0.548.